The van der Waals surface area contributed by atoms with E-state index in [0.29, 0.717) is 18.6 Å². The van der Waals surface area contributed by atoms with Crippen molar-refractivity contribution in [3.05, 3.63) is 53.8 Å². The monoisotopic (exact) mass is 342 g/mol. The summed E-state index contributed by atoms with van der Waals surface area (Å²) in [7, 11) is 3.68. The summed E-state index contributed by atoms with van der Waals surface area (Å²) in [6.07, 6.45) is 4.65. The maximum absolute atomic E-state index is 14.2. The molecule has 2 aromatic rings. The van der Waals surface area contributed by atoms with Crippen molar-refractivity contribution >= 4 is 0 Å². The van der Waals surface area contributed by atoms with Crippen LogP contribution >= 0.6 is 0 Å². The van der Waals surface area contributed by atoms with Gasteiger partial charge in [0, 0.05) is 24.2 Å². The van der Waals surface area contributed by atoms with Crippen LogP contribution in [0.4, 0.5) is 4.39 Å². The highest BCUT2D eigenvalue weighted by Gasteiger charge is 2.19. The van der Waals surface area contributed by atoms with Gasteiger partial charge in [-0.2, -0.15) is 0 Å². The van der Waals surface area contributed by atoms with Crippen LogP contribution in [0.1, 0.15) is 31.2 Å². The maximum Gasteiger partial charge on any atom is 0.127 e. The summed E-state index contributed by atoms with van der Waals surface area (Å²) in [4.78, 5) is 0. The van der Waals surface area contributed by atoms with E-state index in [1.807, 2.05) is 43.4 Å². The lowest BCUT2D eigenvalue weighted by Crippen LogP contribution is -2.38. The fourth-order valence-electron chi connectivity index (χ4n) is 3.51. The Morgan fingerprint density at radius 1 is 0.960 bits per heavy atom. The van der Waals surface area contributed by atoms with Crippen LogP contribution < -0.4 is 15.4 Å². The average Bonchev–Trinajstić information content (AvgIpc) is 2.68. The average molecular weight is 342 g/mol. The summed E-state index contributed by atoms with van der Waals surface area (Å²) in [5.41, 5.74) is 2.82. The molecular formula is C21H27FN2O. The molecule has 0 amide bonds. The Hall–Kier alpha value is -1.91. The minimum absolute atomic E-state index is 0.145. The van der Waals surface area contributed by atoms with Gasteiger partial charge in [-0.3, -0.25) is 0 Å². The Labute approximate surface area is 149 Å². The van der Waals surface area contributed by atoms with Crippen molar-refractivity contribution in [2.24, 2.45) is 0 Å². The van der Waals surface area contributed by atoms with Gasteiger partial charge in [0.15, 0.2) is 0 Å². The standard InChI is InChI=1S/C21H27FN2O/c1-23-18-6-8-19(9-7-18)24-14-17-13-16(5-12-21(17)22)15-3-10-20(25-2)11-4-15/h3-5,10-13,18-19,23-24H,6-9,14H2,1-2H3. The molecule has 0 radical (unpaired) electrons. The van der Waals surface area contributed by atoms with Crippen LogP contribution in [0, 0.1) is 5.82 Å². The van der Waals surface area contributed by atoms with Gasteiger partial charge in [-0.1, -0.05) is 18.2 Å². The minimum atomic E-state index is -0.145. The zero-order valence-electron chi connectivity index (χ0n) is 15.0. The Balaban J connectivity index is 1.65. The first kappa shape index (κ1) is 17.9. The first-order valence-electron chi connectivity index (χ1n) is 9.03. The Bertz CT molecular complexity index is 679. The van der Waals surface area contributed by atoms with E-state index in [9.17, 15) is 4.39 Å². The molecule has 0 spiro atoms. The SMILES string of the molecule is CNC1CCC(NCc2cc(-c3ccc(OC)cc3)ccc2F)CC1. The maximum atomic E-state index is 14.2. The predicted octanol–water partition coefficient (Wildman–Crippen LogP) is 4.12. The second-order valence-electron chi connectivity index (χ2n) is 6.75. The Morgan fingerprint density at radius 2 is 1.60 bits per heavy atom. The van der Waals surface area contributed by atoms with E-state index >= 15 is 0 Å². The molecule has 0 heterocycles. The van der Waals surface area contributed by atoms with Crippen LogP contribution in [0.3, 0.4) is 0 Å². The minimum Gasteiger partial charge on any atom is -0.497 e. The van der Waals surface area contributed by atoms with E-state index in [1.54, 1.807) is 13.2 Å². The molecule has 4 heteroatoms. The summed E-state index contributed by atoms with van der Waals surface area (Å²) >= 11 is 0. The van der Waals surface area contributed by atoms with Crippen molar-refractivity contribution in [1.29, 1.82) is 0 Å². The van der Waals surface area contributed by atoms with Crippen LogP contribution in [0.2, 0.25) is 0 Å². The number of hydrogen-bond donors (Lipinski definition) is 2. The largest absolute Gasteiger partial charge is 0.497 e. The third-order valence-corrected chi connectivity index (χ3v) is 5.19. The molecule has 134 valence electrons. The van der Waals surface area contributed by atoms with Crippen LogP contribution in [0.15, 0.2) is 42.5 Å². The fraction of sp³-hybridized carbons (Fsp3) is 0.429. The van der Waals surface area contributed by atoms with Gasteiger partial charge in [0.2, 0.25) is 0 Å². The lowest BCUT2D eigenvalue weighted by Gasteiger charge is -2.29. The van der Waals surface area contributed by atoms with E-state index in [1.165, 1.54) is 12.8 Å². The molecule has 0 aromatic heterocycles. The lowest BCUT2D eigenvalue weighted by molar-refractivity contribution is 0.316. The molecule has 1 aliphatic carbocycles. The summed E-state index contributed by atoms with van der Waals surface area (Å²) in [5, 5.41) is 6.88. The molecule has 3 rings (SSSR count). The molecule has 2 aromatic carbocycles. The summed E-state index contributed by atoms with van der Waals surface area (Å²) in [6.45, 7) is 0.574. The van der Waals surface area contributed by atoms with Gasteiger partial charge in [0.1, 0.15) is 11.6 Å². The zero-order valence-corrected chi connectivity index (χ0v) is 15.0. The van der Waals surface area contributed by atoms with E-state index < -0.39 is 0 Å². The van der Waals surface area contributed by atoms with Gasteiger partial charge in [-0.05, 0) is 68.1 Å². The van der Waals surface area contributed by atoms with Crippen LogP contribution in [0.25, 0.3) is 11.1 Å². The number of rotatable bonds is 6. The second-order valence-corrected chi connectivity index (χ2v) is 6.75. The Kier molecular flexibility index (Phi) is 6.05. The predicted molar refractivity (Wildman–Crippen MR) is 100 cm³/mol. The van der Waals surface area contributed by atoms with Crippen molar-refractivity contribution in [3.8, 4) is 16.9 Å². The number of hydrogen-bond acceptors (Lipinski definition) is 3. The van der Waals surface area contributed by atoms with Gasteiger partial charge >= 0.3 is 0 Å². The molecule has 1 aliphatic rings. The molecule has 0 unspecified atom stereocenters. The van der Waals surface area contributed by atoms with Crippen molar-refractivity contribution in [1.82, 2.24) is 10.6 Å². The van der Waals surface area contributed by atoms with E-state index in [2.05, 4.69) is 10.6 Å². The summed E-state index contributed by atoms with van der Waals surface area (Å²) in [5.74, 6) is 0.679. The van der Waals surface area contributed by atoms with Gasteiger partial charge in [-0.15, -0.1) is 0 Å². The van der Waals surface area contributed by atoms with Crippen molar-refractivity contribution in [2.45, 2.75) is 44.3 Å². The van der Waals surface area contributed by atoms with E-state index in [4.69, 9.17) is 4.74 Å². The first-order chi connectivity index (χ1) is 12.2. The number of halogens is 1. The van der Waals surface area contributed by atoms with E-state index in [0.717, 1.165) is 35.3 Å². The summed E-state index contributed by atoms with van der Waals surface area (Å²) in [6, 6.07) is 14.3. The fourth-order valence-corrected chi connectivity index (χ4v) is 3.51. The normalized spacial score (nSPS) is 20.4. The molecular weight excluding hydrogens is 315 g/mol. The second kappa shape index (κ2) is 8.45. The topological polar surface area (TPSA) is 33.3 Å². The molecule has 0 atom stereocenters. The molecule has 2 N–H and O–H groups in total. The van der Waals surface area contributed by atoms with Crippen LogP contribution in [0.5, 0.6) is 5.75 Å². The highest BCUT2D eigenvalue weighted by atomic mass is 19.1. The molecule has 0 bridgehead atoms. The first-order valence-corrected chi connectivity index (χ1v) is 9.03. The molecule has 3 nitrogen and oxygen atoms in total. The number of methoxy groups -OCH3 is 1. The van der Waals surface area contributed by atoms with Crippen LogP contribution in [-0.4, -0.2) is 26.2 Å². The molecule has 1 fully saturated rings. The number of ether oxygens (including phenoxy) is 1. The molecule has 0 aliphatic heterocycles. The van der Waals surface area contributed by atoms with Gasteiger partial charge in [-0.25, -0.2) is 4.39 Å². The molecule has 25 heavy (non-hydrogen) atoms. The number of nitrogens with one attached hydrogen (secondary N) is 2. The van der Waals surface area contributed by atoms with Gasteiger partial charge in [0.25, 0.3) is 0 Å². The third-order valence-electron chi connectivity index (χ3n) is 5.19. The molecule has 0 saturated heterocycles. The smallest absolute Gasteiger partial charge is 0.127 e. The number of benzene rings is 2. The van der Waals surface area contributed by atoms with E-state index in [-0.39, 0.29) is 5.82 Å². The molecule has 1 saturated carbocycles. The lowest BCUT2D eigenvalue weighted by atomic mass is 9.91. The van der Waals surface area contributed by atoms with Crippen molar-refractivity contribution in [2.75, 3.05) is 14.2 Å². The van der Waals surface area contributed by atoms with Crippen molar-refractivity contribution < 1.29 is 9.13 Å². The zero-order chi connectivity index (χ0) is 17.6. The summed E-state index contributed by atoms with van der Waals surface area (Å²) < 4.78 is 19.4. The van der Waals surface area contributed by atoms with Crippen molar-refractivity contribution in [3.63, 3.8) is 0 Å². The highest BCUT2D eigenvalue weighted by Crippen LogP contribution is 2.25. The quantitative estimate of drug-likeness (QED) is 0.828. The van der Waals surface area contributed by atoms with Gasteiger partial charge in [0.05, 0.1) is 7.11 Å². The highest BCUT2D eigenvalue weighted by molar-refractivity contribution is 5.65. The van der Waals surface area contributed by atoms with Gasteiger partial charge < -0.3 is 15.4 Å². The Morgan fingerprint density at radius 3 is 2.24 bits per heavy atom. The third kappa shape index (κ3) is 4.59. The van der Waals surface area contributed by atoms with Crippen LogP contribution in [-0.2, 0) is 6.54 Å².